The first-order valence-electron chi connectivity index (χ1n) is 34.1. The van der Waals surface area contributed by atoms with Crippen LogP contribution in [0, 0.1) is 31.3 Å². The molecular formula is C74H68Cl3F3N18O6S3. The number of nitrogens with two attached hydrogens (primary N) is 3. The molecule has 3 aliphatic rings. The molecule has 33 heteroatoms. The second-order valence-electron chi connectivity index (χ2n) is 26.3. The monoisotopic (exact) mass is 1560 g/mol. The predicted molar refractivity (Wildman–Crippen MR) is 410 cm³/mol. The standard InChI is InChI=1S/C28H25FN6O2S.C24H24ClFN6O2S.C22H19Cl2FN6O2S/c29-23-16-20(26-25-27(30)31-17-32-28(25)35(33-26)21-8-4-5-9-21)12-15-24(23)34-38(36,37)22-13-10-19(11-14-22)18-6-2-1-3-7-18;1-13-10-20(14(2)9-17(13)25)35(33,34)31-19-8-7-15(11-18(19)26)22-21-23(27)28-12-29-24(21)32(30-22)16-5-3-4-6-16;23-13-8-14(24)10-16(9-13)34(32,33)30-18-6-5-12(7-17(18)25)20-19-21(26)27-11-28-22(19)31(29-20)15-3-1-2-4-15/h1-3,6-7,10-17,21,34H,4-5,8-9H2,(H2,30,31,32);7-12,16,31H,3-6H2,1-2H3,(H2,27,28,29);5-11,15,30H,1-4H2,(H2,26,27,28). The molecule has 550 valence electrons. The van der Waals surface area contributed by atoms with Crippen LogP contribution in [0.3, 0.4) is 0 Å². The Morgan fingerprint density at radius 3 is 1.11 bits per heavy atom. The van der Waals surface area contributed by atoms with E-state index in [4.69, 9.17) is 67.3 Å². The van der Waals surface area contributed by atoms with Gasteiger partial charge in [0.1, 0.15) is 71.0 Å². The van der Waals surface area contributed by atoms with Gasteiger partial charge >= 0.3 is 0 Å². The molecule has 0 saturated heterocycles. The molecular weight excluding hydrogens is 1500 g/mol. The fourth-order valence-electron chi connectivity index (χ4n) is 13.8. The van der Waals surface area contributed by atoms with Gasteiger partial charge in [-0.05, 0) is 153 Å². The third-order valence-corrected chi connectivity index (χ3v) is 24.3. The van der Waals surface area contributed by atoms with Gasteiger partial charge in [0.15, 0.2) is 16.9 Å². The molecule has 6 heterocycles. The van der Waals surface area contributed by atoms with Gasteiger partial charge in [0, 0.05) is 31.8 Å². The van der Waals surface area contributed by atoms with Crippen molar-refractivity contribution in [1.82, 2.24) is 59.2 Å². The number of aromatic nitrogens is 12. The molecule has 7 aromatic carbocycles. The van der Waals surface area contributed by atoms with Crippen molar-refractivity contribution < 1.29 is 38.4 Å². The smallest absolute Gasteiger partial charge is 0.262 e. The average Bonchev–Trinajstić information content (AvgIpc) is 1.62. The Balaban J connectivity index is 0.000000135. The number of nitrogen functional groups attached to an aromatic ring is 3. The highest BCUT2D eigenvalue weighted by Crippen LogP contribution is 2.42. The number of halogens is 6. The minimum atomic E-state index is -4.13. The van der Waals surface area contributed by atoms with Gasteiger partial charge in [-0.15, -0.1) is 0 Å². The molecule has 9 N–H and O–H groups in total. The number of rotatable bonds is 16. The summed E-state index contributed by atoms with van der Waals surface area (Å²) in [5.74, 6) is -1.49. The van der Waals surface area contributed by atoms with E-state index < -0.39 is 47.5 Å². The number of aryl methyl sites for hydroxylation is 2. The minimum absolute atomic E-state index is 0.0341. The van der Waals surface area contributed by atoms with Gasteiger partial charge in [-0.2, -0.15) is 15.3 Å². The average molecular weight is 1570 g/mol. The minimum Gasteiger partial charge on any atom is -0.383 e. The number of nitrogens with one attached hydrogen (secondary N) is 3. The summed E-state index contributed by atoms with van der Waals surface area (Å²) < 4.78 is 135. The fraction of sp³-hybridized carbons (Fsp3) is 0.230. The van der Waals surface area contributed by atoms with Gasteiger partial charge < -0.3 is 17.2 Å². The normalized spacial score (nSPS) is 14.5. The van der Waals surface area contributed by atoms with E-state index in [9.17, 15) is 25.3 Å². The Morgan fingerprint density at radius 1 is 0.393 bits per heavy atom. The number of hydrogen-bond acceptors (Lipinski definition) is 18. The molecule has 107 heavy (non-hydrogen) atoms. The molecule has 13 aromatic rings. The van der Waals surface area contributed by atoms with Crippen molar-refractivity contribution >= 4 is 132 Å². The molecule has 0 bridgehead atoms. The van der Waals surface area contributed by atoms with Crippen molar-refractivity contribution in [2.24, 2.45) is 0 Å². The third-order valence-electron chi connectivity index (χ3n) is 19.2. The van der Waals surface area contributed by atoms with Crippen LogP contribution in [0.5, 0.6) is 0 Å². The van der Waals surface area contributed by atoms with E-state index in [1.165, 1.54) is 91.8 Å². The fourth-order valence-corrected chi connectivity index (χ4v) is 18.3. The Bertz CT molecular complexity index is 5940. The number of fused-ring (bicyclic) bond motifs is 3. The molecule has 0 spiro atoms. The van der Waals surface area contributed by atoms with Gasteiger partial charge in [0.25, 0.3) is 30.1 Å². The molecule has 0 aliphatic heterocycles. The highest BCUT2D eigenvalue weighted by Gasteiger charge is 2.31. The quantitative estimate of drug-likeness (QED) is 0.0523. The van der Waals surface area contributed by atoms with Crippen molar-refractivity contribution in [3.05, 3.63) is 202 Å². The van der Waals surface area contributed by atoms with Crippen LogP contribution in [-0.2, 0) is 30.1 Å². The summed E-state index contributed by atoms with van der Waals surface area (Å²) in [6.07, 6.45) is 16.7. The number of benzene rings is 7. The number of nitrogens with zero attached hydrogens (tertiary/aromatic N) is 12. The zero-order chi connectivity index (χ0) is 75.2. The highest BCUT2D eigenvalue weighted by molar-refractivity contribution is 7.93. The maximum Gasteiger partial charge on any atom is 0.262 e. The van der Waals surface area contributed by atoms with E-state index in [0.717, 1.165) is 88.2 Å². The predicted octanol–water partition coefficient (Wildman–Crippen LogP) is 16.6. The number of sulfonamides is 3. The lowest BCUT2D eigenvalue weighted by Crippen LogP contribution is -2.15. The van der Waals surface area contributed by atoms with Crippen LogP contribution in [0.2, 0.25) is 15.1 Å². The number of hydrogen-bond donors (Lipinski definition) is 6. The van der Waals surface area contributed by atoms with Crippen molar-refractivity contribution in [2.45, 2.75) is 124 Å². The van der Waals surface area contributed by atoms with Gasteiger partial charge in [0.2, 0.25) is 0 Å². The topological polar surface area (TPSA) is 347 Å². The Hall–Kier alpha value is -10.5. The van der Waals surface area contributed by atoms with Crippen LogP contribution >= 0.6 is 34.8 Å². The highest BCUT2D eigenvalue weighted by atomic mass is 35.5. The van der Waals surface area contributed by atoms with Gasteiger partial charge in [-0.25, -0.2) is 82.4 Å². The molecule has 24 nitrogen and oxygen atoms in total. The van der Waals surface area contributed by atoms with E-state index >= 15 is 13.2 Å². The van der Waals surface area contributed by atoms with Crippen LogP contribution in [0.15, 0.2) is 173 Å². The molecule has 0 radical (unpaired) electrons. The third kappa shape index (κ3) is 15.2. The Kier molecular flexibility index (Phi) is 20.6. The molecule has 0 atom stereocenters. The first-order chi connectivity index (χ1) is 51.3. The van der Waals surface area contributed by atoms with E-state index in [2.05, 4.69) is 44.1 Å². The molecule has 3 aliphatic carbocycles. The molecule has 3 fully saturated rings. The summed E-state index contributed by atoms with van der Waals surface area (Å²) in [7, 11) is -12.2. The Morgan fingerprint density at radius 2 is 0.738 bits per heavy atom. The van der Waals surface area contributed by atoms with E-state index in [1.807, 2.05) is 44.4 Å². The summed E-state index contributed by atoms with van der Waals surface area (Å²) in [6.45, 7) is 3.35. The lowest BCUT2D eigenvalue weighted by molar-refractivity contribution is 0.479. The summed E-state index contributed by atoms with van der Waals surface area (Å²) in [4.78, 5) is 25.3. The second kappa shape index (κ2) is 30.0. The molecule has 16 rings (SSSR count). The van der Waals surface area contributed by atoms with Crippen LogP contribution < -0.4 is 31.4 Å². The lowest BCUT2D eigenvalue weighted by Gasteiger charge is -2.13. The van der Waals surface area contributed by atoms with E-state index in [1.54, 1.807) is 50.2 Å². The van der Waals surface area contributed by atoms with Crippen LogP contribution in [0.1, 0.15) is 106 Å². The van der Waals surface area contributed by atoms with Crippen LogP contribution in [0.4, 0.5) is 47.7 Å². The van der Waals surface area contributed by atoms with Gasteiger partial charge in [-0.1, -0.05) is 134 Å². The summed E-state index contributed by atoms with van der Waals surface area (Å²) in [5.41, 5.74) is 25.4. The van der Waals surface area contributed by atoms with Crippen LogP contribution in [-0.4, -0.2) is 84.5 Å². The summed E-state index contributed by atoms with van der Waals surface area (Å²) in [5, 5.41) is 16.6. The number of anilines is 6. The summed E-state index contributed by atoms with van der Waals surface area (Å²) in [6, 6.07) is 36.1. The lowest BCUT2D eigenvalue weighted by atomic mass is 10.1. The largest absolute Gasteiger partial charge is 0.383 e. The maximum absolute atomic E-state index is 15.3. The van der Waals surface area contributed by atoms with Crippen molar-refractivity contribution in [3.8, 4) is 44.9 Å². The van der Waals surface area contributed by atoms with Gasteiger partial charge in [0.05, 0.1) is 66.0 Å². The SMILES string of the molecule is Cc1cc(S(=O)(=O)Nc2ccc(-c3nn(C4CCCC4)c4ncnc(N)c34)cc2F)c(C)cc1Cl.Nc1ncnc2c1c(-c1ccc(NS(=O)(=O)c3cc(Cl)cc(Cl)c3)c(F)c1)nn2C1CCCC1.Nc1ncnc2c1c(-c1ccc(NS(=O)(=O)c3ccc(-c4ccccc4)cc3)c(F)c1)nn2C1CCCC1. The van der Waals surface area contributed by atoms with Crippen molar-refractivity contribution in [2.75, 3.05) is 31.4 Å². The summed E-state index contributed by atoms with van der Waals surface area (Å²) >= 11 is 17.9. The van der Waals surface area contributed by atoms with E-state index in [0.29, 0.717) is 83.0 Å². The zero-order valence-electron chi connectivity index (χ0n) is 57.3. The van der Waals surface area contributed by atoms with Crippen molar-refractivity contribution in [3.63, 3.8) is 0 Å². The molecule has 0 unspecified atom stereocenters. The van der Waals surface area contributed by atoms with Crippen LogP contribution in [0.25, 0.3) is 78.0 Å². The first kappa shape index (κ1) is 73.4. The zero-order valence-corrected chi connectivity index (χ0v) is 62.0. The molecule has 3 saturated carbocycles. The maximum atomic E-state index is 15.3. The molecule has 6 aromatic heterocycles. The van der Waals surface area contributed by atoms with Crippen molar-refractivity contribution in [1.29, 1.82) is 0 Å². The van der Waals surface area contributed by atoms with Gasteiger partial charge in [-0.3, -0.25) is 14.2 Å². The Labute approximate surface area is 628 Å². The molecule has 0 amide bonds. The first-order valence-corrected chi connectivity index (χ1v) is 39.7. The second-order valence-corrected chi connectivity index (χ2v) is 32.6. The van der Waals surface area contributed by atoms with E-state index in [-0.39, 0.29) is 77.4 Å².